The number of methoxy groups -OCH3 is 1. The van der Waals surface area contributed by atoms with E-state index in [2.05, 4.69) is 25.6 Å². The Morgan fingerprint density at radius 3 is 2.86 bits per heavy atom. The Hall–Kier alpha value is -2.97. The van der Waals surface area contributed by atoms with E-state index < -0.39 is 0 Å². The van der Waals surface area contributed by atoms with Crippen molar-refractivity contribution >= 4 is 40.1 Å². The van der Waals surface area contributed by atoms with E-state index in [4.69, 9.17) is 21.7 Å². The number of aromatic nitrogens is 3. The van der Waals surface area contributed by atoms with Crippen LogP contribution in [0.25, 0.3) is 11.2 Å². The van der Waals surface area contributed by atoms with E-state index in [9.17, 15) is 4.79 Å². The molecule has 3 rings (SSSR count). The maximum absolute atomic E-state index is 12.7. The first kappa shape index (κ1) is 20.8. The lowest BCUT2D eigenvalue weighted by Gasteiger charge is -2.15. The first-order valence-electron chi connectivity index (χ1n) is 9.19. The van der Waals surface area contributed by atoms with Crippen molar-refractivity contribution in [2.45, 2.75) is 19.4 Å². The number of benzene rings is 1. The molecular formula is C20H23ClN6O2. The predicted molar refractivity (Wildman–Crippen MR) is 114 cm³/mol. The van der Waals surface area contributed by atoms with Crippen LogP contribution in [0.1, 0.15) is 35.0 Å². The zero-order valence-electron chi connectivity index (χ0n) is 16.5. The molecule has 0 aliphatic rings. The fraction of sp³-hybridized carbons (Fsp3) is 0.300. The summed E-state index contributed by atoms with van der Waals surface area (Å²) in [6.45, 7) is 2.40. The molecule has 1 amide bonds. The topological polar surface area (TPSA) is 116 Å². The molecule has 0 bridgehead atoms. The molecule has 0 radical (unpaired) electrons. The highest BCUT2D eigenvalue weighted by atomic mass is 35.5. The smallest absolute Gasteiger partial charge is 0.255 e. The Morgan fingerprint density at radius 2 is 2.17 bits per heavy atom. The predicted octanol–water partition coefficient (Wildman–Crippen LogP) is 3.22. The first-order valence-corrected chi connectivity index (χ1v) is 9.56. The van der Waals surface area contributed by atoms with Gasteiger partial charge in [0.25, 0.3) is 5.91 Å². The lowest BCUT2D eigenvalue weighted by Crippen LogP contribution is -2.37. The minimum Gasteiger partial charge on any atom is -0.388 e. The molecule has 29 heavy (non-hydrogen) atoms. The van der Waals surface area contributed by atoms with Crippen molar-refractivity contribution in [1.82, 2.24) is 20.3 Å². The molecule has 0 aliphatic carbocycles. The lowest BCUT2D eigenvalue weighted by atomic mass is 10.1. The van der Waals surface area contributed by atoms with Gasteiger partial charge in [0.2, 0.25) is 0 Å². The minimum absolute atomic E-state index is 0.0980. The molecule has 1 atom stereocenters. The number of halogens is 1. The maximum Gasteiger partial charge on any atom is 0.255 e. The molecule has 0 aliphatic heterocycles. The van der Waals surface area contributed by atoms with Crippen LogP contribution in [-0.4, -0.2) is 53.4 Å². The Morgan fingerprint density at radius 1 is 1.38 bits per heavy atom. The Kier molecular flexibility index (Phi) is 6.46. The summed E-state index contributed by atoms with van der Waals surface area (Å²) in [6.07, 6.45) is 3.83. The third kappa shape index (κ3) is 4.38. The van der Waals surface area contributed by atoms with Gasteiger partial charge in [-0.3, -0.25) is 10.2 Å². The number of fused-ring (bicyclic) bond motifs is 1. The third-order valence-corrected chi connectivity index (χ3v) is 4.83. The summed E-state index contributed by atoms with van der Waals surface area (Å²) in [5.74, 6) is -0.263. The van der Waals surface area contributed by atoms with E-state index in [1.54, 1.807) is 38.6 Å². The molecule has 2 aromatic heterocycles. The Bertz CT molecular complexity index is 1050. The molecule has 1 aromatic carbocycles. The standard InChI is InChI=1S/C20H23ClN6O2/c1-4-12(10-29-3)26-20(28)14-8-24-19-18(14)27-16(9-25-19)17(22)13-6-5-11(21)7-15(13)23-2/h5-9,12,22-23H,4,10H2,1-3H3,(H,24,25)(H,26,28)/t12-/m0/s1. The van der Waals surface area contributed by atoms with Crippen molar-refractivity contribution < 1.29 is 9.53 Å². The van der Waals surface area contributed by atoms with Gasteiger partial charge in [0.15, 0.2) is 5.65 Å². The van der Waals surface area contributed by atoms with Gasteiger partial charge in [-0.05, 0) is 24.6 Å². The summed E-state index contributed by atoms with van der Waals surface area (Å²) in [6, 6.07) is 5.12. The summed E-state index contributed by atoms with van der Waals surface area (Å²) in [7, 11) is 3.36. The molecule has 4 N–H and O–H groups in total. The summed E-state index contributed by atoms with van der Waals surface area (Å²) in [4.78, 5) is 24.6. The molecule has 0 fully saturated rings. The van der Waals surface area contributed by atoms with Gasteiger partial charge in [-0.25, -0.2) is 9.97 Å². The number of aromatic amines is 1. The van der Waals surface area contributed by atoms with Gasteiger partial charge >= 0.3 is 0 Å². The highest BCUT2D eigenvalue weighted by Crippen LogP contribution is 2.24. The van der Waals surface area contributed by atoms with Crippen molar-refractivity contribution in [3.8, 4) is 0 Å². The number of hydrogen-bond donors (Lipinski definition) is 4. The Labute approximate surface area is 173 Å². The molecule has 0 spiro atoms. The van der Waals surface area contributed by atoms with E-state index in [0.717, 1.165) is 6.42 Å². The number of carbonyl (C=O) groups excluding carboxylic acids is 1. The van der Waals surface area contributed by atoms with Gasteiger partial charge in [0, 0.05) is 36.6 Å². The van der Waals surface area contributed by atoms with Crippen molar-refractivity contribution in [2.75, 3.05) is 26.1 Å². The molecule has 3 aromatic rings. The number of nitrogens with one attached hydrogen (secondary N) is 4. The minimum atomic E-state index is -0.263. The van der Waals surface area contributed by atoms with E-state index in [-0.39, 0.29) is 17.7 Å². The molecule has 2 heterocycles. The van der Waals surface area contributed by atoms with E-state index in [0.29, 0.717) is 45.3 Å². The number of nitrogens with zero attached hydrogens (tertiary/aromatic N) is 2. The van der Waals surface area contributed by atoms with Crippen LogP contribution in [0.4, 0.5) is 5.69 Å². The second kappa shape index (κ2) is 9.02. The zero-order valence-corrected chi connectivity index (χ0v) is 17.2. The van der Waals surface area contributed by atoms with Crippen LogP contribution in [0.5, 0.6) is 0 Å². The van der Waals surface area contributed by atoms with Gasteiger partial charge in [0.05, 0.1) is 30.1 Å². The van der Waals surface area contributed by atoms with Gasteiger partial charge in [-0.2, -0.15) is 0 Å². The van der Waals surface area contributed by atoms with Crippen LogP contribution in [0.15, 0.2) is 30.6 Å². The molecule has 8 nitrogen and oxygen atoms in total. The van der Waals surface area contributed by atoms with E-state index in [1.165, 1.54) is 6.20 Å². The number of carbonyl (C=O) groups is 1. The SMILES string of the molecule is CC[C@@H](COC)NC(=O)c1c[nH]c2ncc(C(=N)c3ccc(Cl)cc3NC)nc12. The van der Waals surface area contributed by atoms with Gasteiger partial charge in [-0.15, -0.1) is 0 Å². The van der Waals surface area contributed by atoms with Crippen molar-refractivity contribution in [3.05, 3.63) is 52.4 Å². The highest BCUT2D eigenvalue weighted by molar-refractivity contribution is 6.31. The molecule has 0 saturated heterocycles. The van der Waals surface area contributed by atoms with Crippen LogP contribution >= 0.6 is 11.6 Å². The first-order chi connectivity index (χ1) is 14.0. The van der Waals surface area contributed by atoms with Gasteiger partial charge in [0.1, 0.15) is 11.2 Å². The summed E-state index contributed by atoms with van der Waals surface area (Å²) in [5.41, 5.74) is 3.16. The molecule has 0 saturated carbocycles. The van der Waals surface area contributed by atoms with E-state index in [1.807, 2.05) is 6.92 Å². The second-order valence-corrected chi connectivity index (χ2v) is 6.94. The number of H-pyrrole nitrogens is 1. The fourth-order valence-electron chi connectivity index (χ4n) is 2.99. The molecule has 152 valence electrons. The maximum atomic E-state index is 12.7. The summed E-state index contributed by atoms with van der Waals surface area (Å²) in [5, 5.41) is 15.1. The number of ether oxygens (including phenoxy) is 1. The fourth-order valence-corrected chi connectivity index (χ4v) is 3.16. The van der Waals surface area contributed by atoms with Crippen LogP contribution < -0.4 is 10.6 Å². The number of anilines is 1. The summed E-state index contributed by atoms with van der Waals surface area (Å²) >= 11 is 6.05. The zero-order chi connectivity index (χ0) is 21.0. The summed E-state index contributed by atoms with van der Waals surface area (Å²) < 4.78 is 5.14. The normalized spacial score (nSPS) is 12.0. The Balaban J connectivity index is 1.95. The quantitative estimate of drug-likeness (QED) is 0.422. The van der Waals surface area contributed by atoms with Crippen LogP contribution in [0.2, 0.25) is 5.02 Å². The molecule has 0 unspecified atom stereocenters. The van der Waals surface area contributed by atoms with Crippen molar-refractivity contribution in [3.63, 3.8) is 0 Å². The highest BCUT2D eigenvalue weighted by Gasteiger charge is 2.19. The van der Waals surface area contributed by atoms with Crippen LogP contribution in [0.3, 0.4) is 0 Å². The van der Waals surface area contributed by atoms with Gasteiger partial charge < -0.3 is 20.4 Å². The average Bonchev–Trinajstić information content (AvgIpc) is 3.16. The number of rotatable bonds is 8. The van der Waals surface area contributed by atoms with Crippen LogP contribution in [-0.2, 0) is 4.74 Å². The van der Waals surface area contributed by atoms with Gasteiger partial charge in [-0.1, -0.05) is 18.5 Å². The monoisotopic (exact) mass is 414 g/mol. The average molecular weight is 415 g/mol. The number of hydrogen-bond acceptors (Lipinski definition) is 6. The molecular weight excluding hydrogens is 392 g/mol. The van der Waals surface area contributed by atoms with Crippen LogP contribution in [0, 0.1) is 5.41 Å². The number of amides is 1. The largest absolute Gasteiger partial charge is 0.388 e. The third-order valence-electron chi connectivity index (χ3n) is 4.60. The second-order valence-electron chi connectivity index (χ2n) is 6.50. The van der Waals surface area contributed by atoms with Crippen molar-refractivity contribution in [2.24, 2.45) is 0 Å². The lowest BCUT2D eigenvalue weighted by molar-refractivity contribution is 0.0896. The van der Waals surface area contributed by atoms with E-state index >= 15 is 0 Å². The van der Waals surface area contributed by atoms with Crippen molar-refractivity contribution in [1.29, 1.82) is 5.41 Å². The molecule has 9 heteroatoms.